The van der Waals surface area contributed by atoms with Crippen molar-refractivity contribution in [2.45, 2.75) is 33.2 Å². The standard InChI is InChI=1S/C11H16N2O3/c1-10(2,6-12)8(9(15)16-5)13-11(3,4)7-14/h7H,1-5H3/b13-8-. The zero-order valence-electron chi connectivity index (χ0n) is 10.2. The molecule has 88 valence electrons. The second kappa shape index (κ2) is 4.88. The fourth-order valence-corrected chi connectivity index (χ4v) is 0.905. The Morgan fingerprint density at radius 3 is 2.19 bits per heavy atom. The number of rotatable bonds is 4. The SMILES string of the molecule is COC(=O)/C(=N/C(C)(C)C=O)C(C)(C)C#N. The van der Waals surface area contributed by atoms with E-state index in [0.717, 1.165) is 0 Å². The minimum absolute atomic E-state index is 0.0467. The van der Waals surface area contributed by atoms with Gasteiger partial charge in [-0.15, -0.1) is 0 Å². The molecular weight excluding hydrogens is 208 g/mol. The van der Waals surface area contributed by atoms with Gasteiger partial charge in [-0.3, -0.25) is 4.99 Å². The van der Waals surface area contributed by atoms with E-state index in [0.29, 0.717) is 6.29 Å². The van der Waals surface area contributed by atoms with Crippen LogP contribution in [0.5, 0.6) is 0 Å². The lowest BCUT2D eigenvalue weighted by atomic mass is 9.88. The molecule has 16 heavy (non-hydrogen) atoms. The highest BCUT2D eigenvalue weighted by molar-refractivity contribution is 6.39. The van der Waals surface area contributed by atoms with E-state index < -0.39 is 16.9 Å². The van der Waals surface area contributed by atoms with E-state index in [9.17, 15) is 9.59 Å². The van der Waals surface area contributed by atoms with E-state index in [4.69, 9.17) is 5.26 Å². The molecule has 0 N–H and O–H groups in total. The predicted molar refractivity (Wildman–Crippen MR) is 59.0 cm³/mol. The lowest BCUT2D eigenvalue weighted by molar-refractivity contribution is -0.133. The van der Waals surface area contributed by atoms with Gasteiger partial charge < -0.3 is 9.53 Å². The van der Waals surface area contributed by atoms with Crippen molar-refractivity contribution >= 4 is 18.0 Å². The summed E-state index contributed by atoms with van der Waals surface area (Å²) < 4.78 is 4.55. The average Bonchev–Trinajstić information content (AvgIpc) is 2.24. The highest BCUT2D eigenvalue weighted by Gasteiger charge is 2.33. The number of methoxy groups -OCH3 is 1. The summed E-state index contributed by atoms with van der Waals surface area (Å²) in [5.74, 6) is -0.693. The van der Waals surface area contributed by atoms with Crippen molar-refractivity contribution < 1.29 is 14.3 Å². The predicted octanol–water partition coefficient (Wildman–Crippen LogP) is 1.13. The molecule has 0 aromatic heterocycles. The number of carbonyl (C=O) groups is 2. The lowest BCUT2D eigenvalue weighted by Crippen LogP contribution is -2.35. The van der Waals surface area contributed by atoms with Gasteiger partial charge in [-0.1, -0.05) is 0 Å². The summed E-state index contributed by atoms with van der Waals surface area (Å²) in [6, 6.07) is 1.96. The molecule has 0 aliphatic heterocycles. The Balaban J connectivity index is 5.55. The van der Waals surface area contributed by atoms with Gasteiger partial charge in [0, 0.05) is 0 Å². The minimum Gasteiger partial charge on any atom is -0.465 e. The normalized spacial score (nSPS) is 12.9. The molecule has 0 aliphatic rings. The summed E-state index contributed by atoms with van der Waals surface area (Å²) in [6.45, 7) is 6.19. The third-order valence-corrected chi connectivity index (χ3v) is 1.94. The summed E-state index contributed by atoms with van der Waals surface area (Å²) in [4.78, 5) is 26.2. The van der Waals surface area contributed by atoms with Crippen LogP contribution in [0.25, 0.3) is 0 Å². The average molecular weight is 224 g/mol. The molecule has 0 amide bonds. The minimum atomic E-state index is -1.09. The fraction of sp³-hybridized carbons (Fsp3) is 0.636. The van der Waals surface area contributed by atoms with Crippen molar-refractivity contribution in [1.82, 2.24) is 0 Å². The molecule has 5 nitrogen and oxygen atoms in total. The summed E-state index contributed by atoms with van der Waals surface area (Å²) in [7, 11) is 1.21. The van der Waals surface area contributed by atoms with E-state index in [-0.39, 0.29) is 5.71 Å². The largest absolute Gasteiger partial charge is 0.465 e. The Morgan fingerprint density at radius 2 is 1.88 bits per heavy atom. The smallest absolute Gasteiger partial charge is 0.353 e. The molecule has 0 aromatic carbocycles. The summed E-state index contributed by atoms with van der Waals surface area (Å²) in [6.07, 6.45) is 0.614. The van der Waals surface area contributed by atoms with E-state index in [2.05, 4.69) is 9.73 Å². The maximum atomic E-state index is 11.5. The van der Waals surface area contributed by atoms with Crippen molar-refractivity contribution in [2.75, 3.05) is 7.11 Å². The number of hydrogen-bond acceptors (Lipinski definition) is 5. The first-order chi connectivity index (χ1) is 7.20. The first-order valence-corrected chi connectivity index (χ1v) is 4.76. The van der Waals surface area contributed by atoms with Gasteiger partial charge >= 0.3 is 5.97 Å². The van der Waals surface area contributed by atoms with Crippen LogP contribution in [0.2, 0.25) is 0 Å². The summed E-state index contributed by atoms with van der Waals surface area (Å²) in [5.41, 5.74) is -2.18. The topological polar surface area (TPSA) is 79.5 Å². The molecule has 5 heteroatoms. The monoisotopic (exact) mass is 224 g/mol. The van der Waals surface area contributed by atoms with Crippen molar-refractivity contribution in [3.63, 3.8) is 0 Å². The number of aldehydes is 1. The lowest BCUT2D eigenvalue weighted by Gasteiger charge is -2.20. The highest BCUT2D eigenvalue weighted by Crippen LogP contribution is 2.20. The third kappa shape index (κ3) is 3.46. The van der Waals surface area contributed by atoms with Gasteiger partial charge in [0.25, 0.3) is 0 Å². The molecule has 0 aromatic rings. The highest BCUT2D eigenvalue weighted by atomic mass is 16.5. The summed E-state index contributed by atoms with van der Waals surface area (Å²) in [5, 5.41) is 8.95. The van der Waals surface area contributed by atoms with E-state index in [1.54, 1.807) is 27.7 Å². The number of aliphatic imine (C=N–C) groups is 1. The van der Waals surface area contributed by atoms with Gasteiger partial charge in [-0.2, -0.15) is 5.26 Å². The molecular formula is C11H16N2O3. The number of carbonyl (C=O) groups excluding carboxylic acids is 2. The maximum Gasteiger partial charge on any atom is 0.353 e. The molecule has 0 aliphatic carbocycles. The number of esters is 1. The molecule has 0 unspecified atom stereocenters. The molecule has 0 rings (SSSR count). The molecule has 0 bridgehead atoms. The Hall–Kier alpha value is -1.70. The first kappa shape index (κ1) is 14.3. The van der Waals surface area contributed by atoms with Gasteiger partial charge in [0.2, 0.25) is 0 Å². The van der Waals surface area contributed by atoms with Crippen LogP contribution in [-0.4, -0.2) is 30.6 Å². The van der Waals surface area contributed by atoms with E-state index >= 15 is 0 Å². The van der Waals surface area contributed by atoms with Gasteiger partial charge in [-0.05, 0) is 27.7 Å². The number of nitrogens with zero attached hydrogens (tertiary/aromatic N) is 2. The quantitative estimate of drug-likeness (QED) is 0.407. The van der Waals surface area contributed by atoms with E-state index in [1.807, 2.05) is 6.07 Å². The Bertz CT molecular complexity index is 362. The Kier molecular flexibility index (Phi) is 4.36. The Labute approximate surface area is 95.1 Å². The molecule has 0 radical (unpaired) electrons. The van der Waals surface area contributed by atoms with Crippen LogP contribution in [0.4, 0.5) is 0 Å². The van der Waals surface area contributed by atoms with Crippen molar-refractivity contribution in [1.29, 1.82) is 5.26 Å². The van der Waals surface area contributed by atoms with Crippen molar-refractivity contribution in [2.24, 2.45) is 10.4 Å². The van der Waals surface area contributed by atoms with Crippen LogP contribution in [0, 0.1) is 16.7 Å². The summed E-state index contributed by atoms with van der Waals surface area (Å²) >= 11 is 0. The zero-order valence-corrected chi connectivity index (χ0v) is 10.2. The molecule has 0 heterocycles. The van der Waals surface area contributed by atoms with Crippen molar-refractivity contribution in [3.05, 3.63) is 0 Å². The number of ether oxygens (including phenoxy) is 1. The van der Waals surface area contributed by atoms with Crippen LogP contribution in [0.3, 0.4) is 0 Å². The maximum absolute atomic E-state index is 11.5. The van der Waals surface area contributed by atoms with Gasteiger partial charge in [-0.25, -0.2) is 4.79 Å². The first-order valence-electron chi connectivity index (χ1n) is 4.76. The van der Waals surface area contributed by atoms with Gasteiger partial charge in [0.05, 0.1) is 13.2 Å². The van der Waals surface area contributed by atoms with E-state index in [1.165, 1.54) is 7.11 Å². The van der Waals surface area contributed by atoms with Crippen LogP contribution in [0.15, 0.2) is 4.99 Å². The van der Waals surface area contributed by atoms with Crippen LogP contribution in [0.1, 0.15) is 27.7 Å². The van der Waals surface area contributed by atoms with Crippen LogP contribution in [-0.2, 0) is 14.3 Å². The van der Waals surface area contributed by atoms with Crippen LogP contribution >= 0.6 is 0 Å². The third-order valence-electron chi connectivity index (χ3n) is 1.94. The molecule has 0 atom stereocenters. The Morgan fingerprint density at radius 1 is 1.38 bits per heavy atom. The number of hydrogen-bond donors (Lipinski definition) is 0. The molecule has 0 saturated carbocycles. The van der Waals surface area contributed by atoms with Crippen molar-refractivity contribution in [3.8, 4) is 6.07 Å². The molecule has 0 saturated heterocycles. The second-order valence-corrected chi connectivity index (χ2v) is 4.46. The fourth-order valence-electron chi connectivity index (χ4n) is 0.905. The second-order valence-electron chi connectivity index (χ2n) is 4.46. The number of nitriles is 1. The van der Waals surface area contributed by atoms with Crippen LogP contribution < -0.4 is 0 Å². The molecule has 0 fully saturated rings. The zero-order chi connectivity index (χ0) is 13.0. The van der Waals surface area contributed by atoms with Gasteiger partial charge in [0.1, 0.15) is 23.0 Å². The molecule has 0 spiro atoms. The van der Waals surface area contributed by atoms with Gasteiger partial charge in [0.15, 0.2) is 0 Å².